The minimum atomic E-state index is -3.92. The molecule has 0 bridgehead atoms. The number of hydrogen-bond donors (Lipinski definition) is 1. The van der Waals surface area contributed by atoms with Crippen LogP contribution in [0.15, 0.2) is 53.4 Å². The fourth-order valence-corrected chi connectivity index (χ4v) is 4.37. The van der Waals surface area contributed by atoms with Gasteiger partial charge in [0, 0.05) is 24.7 Å². The van der Waals surface area contributed by atoms with E-state index in [2.05, 4.69) is 5.32 Å². The van der Waals surface area contributed by atoms with Crippen LogP contribution in [0.2, 0.25) is 5.02 Å². The smallest absolute Gasteiger partial charge is 0.243 e. The highest BCUT2D eigenvalue weighted by Gasteiger charge is 2.30. The van der Waals surface area contributed by atoms with E-state index in [0.29, 0.717) is 10.8 Å². The van der Waals surface area contributed by atoms with E-state index in [1.54, 1.807) is 38.3 Å². The van der Waals surface area contributed by atoms with Gasteiger partial charge in [-0.25, -0.2) is 8.42 Å². The summed E-state index contributed by atoms with van der Waals surface area (Å²) in [6.07, 6.45) is 0.743. The topological polar surface area (TPSA) is 96.0 Å². The number of nitrogens with zero attached hydrogens (tertiary/aromatic N) is 2. The lowest BCUT2D eigenvalue weighted by atomic mass is 10.1. The number of sulfonamides is 1. The van der Waals surface area contributed by atoms with Crippen LogP contribution in [0.5, 0.6) is 5.75 Å². The number of methoxy groups -OCH3 is 1. The van der Waals surface area contributed by atoms with Crippen LogP contribution in [-0.2, 0) is 26.2 Å². The minimum absolute atomic E-state index is 0.0245. The summed E-state index contributed by atoms with van der Waals surface area (Å²) in [6.45, 7) is 5.17. The molecule has 10 heteroatoms. The molecule has 0 aliphatic carbocycles. The van der Waals surface area contributed by atoms with Crippen LogP contribution in [0.25, 0.3) is 0 Å². The van der Waals surface area contributed by atoms with Gasteiger partial charge in [-0.2, -0.15) is 4.31 Å². The van der Waals surface area contributed by atoms with E-state index < -0.39 is 28.5 Å². The van der Waals surface area contributed by atoms with Gasteiger partial charge >= 0.3 is 0 Å². The molecule has 0 radical (unpaired) electrons. The fourth-order valence-electron chi connectivity index (χ4n) is 3.13. The molecular weight excluding hydrogens is 478 g/mol. The largest absolute Gasteiger partial charge is 0.497 e. The molecule has 0 aliphatic heterocycles. The Bertz CT molecular complexity index is 1070. The molecule has 0 fully saturated rings. The first-order valence-electron chi connectivity index (χ1n) is 10.9. The molecule has 2 atom stereocenters. The predicted octanol–water partition coefficient (Wildman–Crippen LogP) is 3.30. The third-order valence-corrected chi connectivity index (χ3v) is 7.63. The van der Waals surface area contributed by atoms with E-state index in [0.717, 1.165) is 16.3 Å². The molecule has 186 valence electrons. The Morgan fingerprint density at radius 2 is 1.65 bits per heavy atom. The lowest BCUT2D eigenvalue weighted by Gasteiger charge is -2.31. The second-order valence-electron chi connectivity index (χ2n) is 8.08. The van der Waals surface area contributed by atoms with Gasteiger partial charge in [-0.05, 0) is 62.2 Å². The maximum Gasteiger partial charge on any atom is 0.243 e. The van der Waals surface area contributed by atoms with E-state index in [-0.39, 0.29) is 23.4 Å². The van der Waals surface area contributed by atoms with E-state index >= 15 is 0 Å². The molecule has 0 heterocycles. The van der Waals surface area contributed by atoms with Crippen LogP contribution in [0.1, 0.15) is 32.8 Å². The van der Waals surface area contributed by atoms with Crippen LogP contribution in [0.4, 0.5) is 0 Å². The second kappa shape index (κ2) is 12.2. The normalized spacial score (nSPS) is 13.3. The number of benzene rings is 2. The van der Waals surface area contributed by atoms with Crippen molar-refractivity contribution in [2.45, 2.75) is 50.7 Å². The summed E-state index contributed by atoms with van der Waals surface area (Å²) in [5.74, 6) is -0.139. The van der Waals surface area contributed by atoms with Crippen molar-refractivity contribution in [3.8, 4) is 5.75 Å². The highest BCUT2D eigenvalue weighted by atomic mass is 35.5. The molecule has 0 saturated heterocycles. The molecule has 2 aromatic carbocycles. The third kappa shape index (κ3) is 7.19. The Labute approximate surface area is 206 Å². The van der Waals surface area contributed by atoms with Crippen LogP contribution in [0.3, 0.4) is 0 Å². The average molecular weight is 510 g/mol. The highest BCUT2D eigenvalue weighted by Crippen LogP contribution is 2.19. The zero-order valence-electron chi connectivity index (χ0n) is 20.1. The van der Waals surface area contributed by atoms with Crippen LogP contribution >= 0.6 is 11.6 Å². The molecule has 0 aliphatic rings. The zero-order valence-corrected chi connectivity index (χ0v) is 21.7. The highest BCUT2D eigenvalue weighted by molar-refractivity contribution is 7.89. The van der Waals surface area contributed by atoms with Crippen LogP contribution in [0, 0.1) is 0 Å². The van der Waals surface area contributed by atoms with Gasteiger partial charge in [0.25, 0.3) is 0 Å². The second-order valence-corrected chi connectivity index (χ2v) is 10.6. The molecule has 2 aromatic rings. The van der Waals surface area contributed by atoms with Crippen molar-refractivity contribution in [1.82, 2.24) is 14.5 Å². The molecule has 2 amide bonds. The number of ether oxygens (including phenoxy) is 1. The van der Waals surface area contributed by atoms with Gasteiger partial charge in [-0.1, -0.05) is 30.7 Å². The monoisotopic (exact) mass is 509 g/mol. The van der Waals surface area contributed by atoms with Crippen molar-refractivity contribution >= 4 is 33.4 Å². The lowest BCUT2D eigenvalue weighted by Crippen LogP contribution is -2.51. The number of carbonyl (C=O) groups is 2. The minimum Gasteiger partial charge on any atom is -0.497 e. The van der Waals surface area contributed by atoms with Gasteiger partial charge < -0.3 is 15.0 Å². The number of nitrogens with one attached hydrogen (secondary N) is 1. The molecule has 2 rings (SSSR count). The van der Waals surface area contributed by atoms with Crippen molar-refractivity contribution in [1.29, 1.82) is 0 Å². The van der Waals surface area contributed by atoms with Crippen molar-refractivity contribution < 1.29 is 22.7 Å². The molecule has 0 saturated carbocycles. The molecular formula is C24H32ClN3O5S. The molecule has 34 heavy (non-hydrogen) atoms. The number of carbonyl (C=O) groups excluding carboxylic acids is 2. The van der Waals surface area contributed by atoms with Gasteiger partial charge in [0.1, 0.15) is 11.8 Å². The SMILES string of the molecule is CC[C@@H](C)NC(=O)[C@H](C)N(Cc1ccc(OC)cc1)C(=O)CN(C)S(=O)(=O)c1ccc(Cl)cc1. The maximum atomic E-state index is 13.3. The quantitative estimate of drug-likeness (QED) is 0.501. The summed E-state index contributed by atoms with van der Waals surface area (Å²) in [4.78, 5) is 27.5. The standard InChI is InChI=1S/C24H32ClN3O5S/c1-6-17(2)26-24(30)18(3)28(15-19-7-11-21(33-5)12-8-19)23(29)16-27(4)34(31,32)22-13-9-20(25)10-14-22/h7-14,17-18H,6,15-16H2,1-5H3,(H,26,30)/t17-,18+/m1/s1. The van der Waals surface area contributed by atoms with Crippen molar-refractivity contribution in [3.05, 3.63) is 59.1 Å². The Hall–Kier alpha value is -2.62. The first-order chi connectivity index (χ1) is 16.0. The molecule has 1 N–H and O–H groups in total. The van der Waals surface area contributed by atoms with E-state index in [1.807, 2.05) is 13.8 Å². The molecule has 8 nitrogen and oxygen atoms in total. The van der Waals surface area contributed by atoms with Crippen LogP contribution < -0.4 is 10.1 Å². The Morgan fingerprint density at radius 3 is 2.18 bits per heavy atom. The lowest BCUT2D eigenvalue weighted by molar-refractivity contribution is -0.140. The predicted molar refractivity (Wildman–Crippen MR) is 132 cm³/mol. The number of amides is 2. The number of halogens is 1. The third-order valence-electron chi connectivity index (χ3n) is 5.56. The summed E-state index contributed by atoms with van der Waals surface area (Å²) in [7, 11) is -1.04. The number of hydrogen-bond acceptors (Lipinski definition) is 5. The van der Waals surface area contributed by atoms with Gasteiger partial charge in [0.2, 0.25) is 21.8 Å². The Kier molecular flexibility index (Phi) is 9.90. The molecule has 0 aromatic heterocycles. The molecule has 0 unspecified atom stereocenters. The Balaban J connectivity index is 2.27. The summed E-state index contributed by atoms with van der Waals surface area (Å²) >= 11 is 5.86. The summed E-state index contributed by atoms with van der Waals surface area (Å²) in [5, 5.41) is 3.29. The van der Waals surface area contributed by atoms with E-state index in [4.69, 9.17) is 16.3 Å². The summed E-state index contributed by atoms with van der Waals surface area (Å²) < 4.78 is 32.0. The zero-order chi connectivity index (χ0) is 25.5. The van der Waals surface area contributed by atoms with E-state index in [1.165, 1.54) is 36.2 Å². The van der Waals surface area contributed by atoms with Gasteiger partial charge in [-0.3, -0.25) is 9.59 Å². The number of likely N-dealkylation sites (N-methyl/N-ethyl adjacent to an activating group) is 1. The number of rotatable bonds is 11. The van der Waals surface area contributed by atoms with Crippen LogP contribution in [-0.4, -0.2) is 62.2 Å². The average Bonchev–Trinajstić information content (AvgIpc) is 2.82. The Morgan fingerprint density at radius 1 is 1.06 bits per heavy atom. The first kappa shape index (κ1) is 27.6. The van der Waals surface area contributed by atoms with Crippen molar-refractivity contribution in [2.24, 2.45) is 0 Å². The summed E-state index contributed by atoms with van der Waals surface area (Å²) in [6, 6.07) is 12.0. The van der Waals surface area contributed by atoms with Gasteiger partial charge in [0.15, 0.2) is 0 Å². The van der Waals surface area contributed by atoms with Gasteiger partial charge in [0.05, 0.1) is 18.6 Å². The van der Waals surface area contributed by atoms with Crippen molar-refractivity contribution in [3.63, 3.8) is 0 Å². The fraction of sp³-hybridized carbons (Fsp3) is 0.417. The summed E-state index contributed by atoms with van der Waals surface area (Å²) in [5.41, 5.74) is 0.778. The molecule has 0 spiro atoms. The first-order valence-corrected chi connectivity index (χ1v) is 12.8. The van der Waals surface area contributed by atoms with Gasteiger partial charge in [-0.15, -0.1) is 0 Å². The van der Waals surface area contributed by atoms with E-state index in [9.17, 15) is 18.0 Å². The maximum absolute atomic E-state index is 13.3. The van der Waals surface area contributed by atoms with Crippen molar-refractivity contribution in [2.75, 3.05) is 20.7 Å².